The number of aromatic hydroxyl groups is 1. The molecule has 7 heteroatoms. The molecule has 164 valence electrons. The lowest BCUT2D eigenvalue weighted by Gasteiger charge is -2.60. The highest BCUT2D eigenvalue weighted by molar-refractivity contribution is 5.81. The maximum absolute atomic E-state index is 13.1. The van der Waals surface area contributed by atoms with E-state index in [1.807, 2.05) is 6.92 Å². The third kappa shape index (κ3) is 3.06. The molecule has 0 aromatic heterocycles. The second-order valence-electron chi connectivity index (χ2n) is 9.71. The summed E-state index contributed by atoms with van der Waals surface area (Å²) in [5.74, 6) is 0.106. The number of carbonyl (C=O) groups is 1. The molecule has 4 aliphatic heterocycles. The van der Waals surface area contributed by atoms with Crippen molar-refractivity contribution in [3.8, 4) is 5.75 Å². The Labute approximate surface area is 177 Å². The van der Waals surface area contributed by atoms with Crippen LogP contribution in [-0.2, 0) is 30.6 Å². The summed E-state index contributed by atoms with van der Waals surface area (Å²) in [6.45, 7) is 6.62. The summed E-state index contributed by atoms with van der Waals surface area (Å²) in [6, 6.07) is 6.81. The lowest BCUT2D eigenvalue weighted by molar-refractivity contribution is -0.569. The predicted molar refractivity (Wildman–Crippen MR) is 107 cm³/mol. The van der Waals surface area contributed by atoms with Crippen LogP contribution in [0.4, 0.5) is 0 Å². The number of phenols is 1. The van der Waals surface area contributed by atoms with E-state index in [-0.39, 0.29) is 29.4 Å². The fraction of sp³-hybridized carbons (Fsp3) is 0.696. The van der Waals surface area contributed by atoms with Gasteiger partial charge in [-0.3, -0.25) is 4.79 Å². The van der Waals surface area contributed by atoms with Gasteiger partial charge in [-0.2, -0.15) is 0 Å². The Morgan fingerprint density at radius 2 is 1.90 bits per heavy atom. The molecule has 0 radical (unpaired) electrons. The first kappa shape index (κ1) is 20.2. The van der Waals surface area contributed by atoms with Gasteiger partial charge in [0.15, 0.2) is 11.9 Å². The number of nitrogens with one attached hydrogen (secondary N) is 1. The van der Waals surface area contributed by atoms with Crippen molar-refractivity contribution < 1.29 is 29.1 Å². The first-order valence-electron chi connectivity index (χ1n) is 11.1. The highest BCUT2D eigenvalue weighted by atomic mass is 17.3. The molecule has 1 saturated carbocycles. The highest BCUT2D eigenvalue weighted by Gasteiger charge is 2.69. The van der Waals surface area contributed by atoms with Crippen molar-refractivity contribution in [1.29, 1.82) is 0 Å². The molecule has 8 atom stereocenters. The first-order chi connectivity index (χ1) is 14.3. The quantitative estimate of drug-likeness (QED) is 0.735. The molecule has 6 rings (SSSR count). The van der Waals surface area contributed by atoms with Crippen LogP contribution in [0.25, 0.3) is 0 Å². The Kier molecular flexibility index (Phi) is 4.85. The van der Waals surface area contributed by atoms with E-state index in [0.717, 1.165) is 31.2 Å². The van der Waals surface area contributed by atoms with Gasteiger partial charge in [0.1, 0.15) is 11.9 Å². The summed E-state index contributed by atoms with van der Waals surface area (Å²) in [7, 11) is 0. The highest BCUT2D eigenvalue weighted by Crippen LogP contribution is 2.60. The van der Waals surface area contributed by atoms with Gasteiger partial charge in [0.05, 0.1) is 0 Å². The van der Waals surface area contributed by atoms with Gasteiger partial charge in [0, 0.05) is 18.9 Å². The molecular weight excluding hydrogens is 386 g/mol. The molecule has 1 spiro atoms. The van der Waals surface area contributed by atoms with Gasteiger partial charge in [0.25, 0.3) is 0 Å². The number of hydrogen-bond acceptors (Lipinski definition) is 6. The van der Waals surface area contributed by atoms with Gasteiger partial charge in [0.2, 0.25) is 11.7 Å². The molecule has 0 unspecified atom stereocenters. The Balaban J connectivity index is 1.38. The average Bonchev–Trinajstić information content (AvgIpc) is 2.96. The number of hydrogen-bond donors (Lipinski definition) is 2. The SMILES string of the molecule is C[C@H]1[C@H](C(=O)NCc2ccc(O)cc2)O[C@@H]2O[C@@]3(C)CC[C@H]4[C@H](C)CC[C@@H]1[C@@]24OO3. The molecule has 2 N–H and O–H groups in total. The van der Waals surface area contributed by atoms with Crippen LogP contribution in [0.15, 0.2) is 24.3 Å². The zero-order valence-corrected chi connectivity index (χ0v) is 17.8. The summed E-state index contributed by atoms with van der Waals surface area (Å²) >= 11 is 0. The summed E-state index contributed by atoms with van der Waals surface area (Å²) in [5.41, 5.74) is 0.266. The molecule has 7 nitrogen and oxygen atoms in total. The molecule has 1 aromatic carbocycles. The lowest BCUT2D eigenvalue weighted by Crippen LogP contribution is -2.71. The van der Waals surface area contributed by atoms with Crippen molar-refractivity contribution in [1.82, 2.24) is 5.32 Å². The Bertz CT molecular complexity index is 814. The van der Waals surface area contributed by atoms with E-state index in [4.69, 9.17) is 19.2 Å². The Morgan fingerprint density at radius 3 is 2.67 bits per heavy atom. The van der Waals surface area contributed by atoms with Crippen LogP contribution in [0.1, 0.15) is 52.0 Å². The first-order valence-corrected chi connectivity index (χ1v) is 11.1. The number of rotatable bonds is 3. The number of ether oxygens (including phenoxy) is 2. The van der Waals surface area contributed by atoms with E-state index in [9.17, 15) is 9.90 Å². The Morgan fingerprint density at radius 1 is 1.13 bits per heavy atom. The smallest absolute Gasteiger partial charge is 0.249 e. The summed E-state index contributed by atoms with van der Waals surface area (Å²) in [4.78, 5) is 25.0. The van der Waals surface area contributed by atoms with Crippen LogP contribution in [0.5, 0.6) is 5.75 Å². The van der Waals surface area contributed by atoms with Crippen LogP contribution < -0.4 is 5.32 Å². The largest absolute Gasteiger partial charge is 0.508 e. The van der Waals surface area contributed by atoms with E-state index in [1.54, 1.807) is 24.3 Å². The maximum atomic E-state index is 13.1. The topological polar surface area (TPSA) is 86.3 Å². The molecule has 5 fully saturated rings. The molecule has 2 bridgehead atoms. The number of amides is 1. The van der Waals surface area contributed by atoms with Gasteiger partial charge >= 0.3 is 0 Å². The van der Waals surface area contributed by atoms with E-state index >= 15 is 0 Å². The number of carbonyl (C=O) groups excluding carboxylic acids is 1. The fourth-order valence-electron chi connectivity index (χ4n) is 6.11. The number of benzene rings is 1. The van der Waals surface area contributed by atoms with E-state index in [1.165, 1.54) is 0 Å². The van der Waals surface area contributed by atoms with Crippen LogP contribution in [0.3, 0.4) is 0 Å². The van der Waals surface area contributed by atoms with Gasteiger partial charge in [-0.1, -0.05) is 26.0 Å². The minimum absolute atomic E-state index is 0.0225. The van der Waals surface area contributed by atoms with Gasteiger partial charge in [-0.25, -0.2) is 9.78 Å². The summed E-state index contributed by atoms with van der Waals surface area (Å²) < 4.78 is 12.7. The van der Waals surface area contributed by atoms with Crippen molar-refractivity contribution in [3.05, 3.63) is 29.8 Å². The van der Waals surface area contributed by atoms with Gasteiger partial charge in [-0.05, 0) is 61.6 Å². The lowest BCUT2D eigenvalue weighted by atomic mass is 9.57. The molecule has 4 heterocycles. The molecule has 1 aliphatic carbocycles. The van der Waals surface area contributed by atoms with Gasteiger partial charge < -0.3 is 19.9 Å². The zero-order valence-electron chi connectivity index (χ0n) is 17.8. The minimum Gasteiger partial charge on any atom is -0.508 e. The van der Waals surface area contributed by atoms with E-state index in [2.05, 4.69) is 19.2 Å². The predicted octanol–water partition coefficient (Wildman–Crippen LogP) is 3.26. The average molecular weight is 418 g/mol. The minimum atomic E-state index is -0.842. The standard InChI is InChI=1S/C23H31NO6/c1-13-4-9-18-14(2)19(20(26)24-12-15-5-7-16(25)8-6-15)27-21-23(18)17(13)10-11-22(3,28-21)29-30-23/h5-8,13-14,17-19,21,25H,4,9-12H2,1-3H3,(H,24,26)/t13-,14-,17+,18+,19-,21-,22-,23-/m1/s1. The van der Waals surface area contributed by atoms with Crippen molar-refractivity contribution in [3.63, 3.8) is 0 Å². The summed E-state index contributed by atoms with van der Waals surface area (Å²) in [6.07, 6.45) is 2.57. The van der Waals surface area contributed by atoms with Crippen molar-refractivity contribution in [2.75, 3.05) is 0 Å². The Hall–Kier alpha value is -1.67. The summed E-state index contributed by atoms with van der Waals surface area (Å²) in [5, 5.41) is 12.4. The van der Waals surface area contributed by atoms with E-state index in [0.29, 0.717) is 12.5 Å². The van der Waals surface area contributed by atoms with Crippen molar-refractivity contribution >= 4 is 5.91 Å². The second-order valence-corrected chi connectivity index (χ2v) is 9.71. The third-order valence-corrected chi connectivity index (χ3v) is 7.82. The van der Waals surface area contributed by atoms with Crippen LogP contribution in [-0.4, -0.2) is 34.8 Å². The van der Waals surface area contributed by atoms with Crippen molar-refractivity contribution in [2.45, 2.75) is 76.8 Å². The number of phenolic OH excluding ortho intramolecular Hbond substituents is 1. The molecule has 1 aromatic rings. The van der Waals surface area contributed by atoms with E-state index < -0.39 is 23.8 Å². The monoisotopic (exact) mass is 417 g/mol. The third-order valence-electron chi connectivity index (χ3n) is 7.82. The molecule has 1 amide bonds. The maximum Gasteiger partial charge on any atom is 0.249 e. The molecular formula is C23H31NO6. The second kappa shape index (κ2) is 7.19. The van der Waals surface area contributed by atoms with Crippen LogP contribution >= 0.6 is 0 Å². The zero-order chi connectivity index (χ0) is 21.1. The van der Waals surface area contributed by atoms with Crippen molar-refractivity contribution in [2.24, 2.45) is 23.7 Å². The van der Waals surface area contributed by atoms with Crippen LogP contribution in [0.2, 0.25) is 0 Å². The van der Waals surface area contributed by atoms with Gasteiger partial charge in [-0.15, -0.1) is 0 Å². The molecule has 4 saturated heterocycles. The number of fused-ring (bicyclic) bond motifs is 2. The van der Waals surface area contributed by atoms with Crippen LogP contribution in [0, 0.1) is 23.7 Å². The molecule has 5 aliphatic rings. The fourth-order valence-corrected chi connectivity index (χ4v) is 6.11. The molecule has 30 heavy (non-hydrogen) atoms. The normalized spacial score (nSPS) is 44.8.